The zero-order valence-electron chi connectivity index (χ0n) is 10.4. The van der Waals surface area contributed by atoms with Crippen LogP contribution in [0.2, 0.25) is 0 Å². The molecule has 1 fully saturated rings. The molecule has 5 nitrogen and oxygen atoms in total. The van der Waals surface area contributed by atoms with Crippen molar-refractivity contribution in [1.82, 2.24) is 10.3 Å². The topological polar surface area (TPSA) is 61.8 Å². The van der Waals surface area contributed by atoms with E-state index in [2.05, 4.69) is 24.4 Å². The van der Waals surface area contributed by atoms with Crippen molar-refractivity contribution in [1.29, 1.82) is 0 Å². The van der Waals surface area contributed by atoms with Crippen molar-refractivity contribution < 1.29 is 9.59 Å². The molecule has 0 aromatic heterocycles. The predicted octanol–water partition coefficient (Wildman–Crippen LogP) is 1.04. The summed E-state index contributed by atoms with van der Waals surface area (Å²) in [4.78, 5) is 25.2. The van der Waals surface area contributed by atoms with Crippen LogP contribution in [0, 0.1) is 0 Å². The maximum absolute atomic E-state index is 12.3. The van der Waals surface area contributed by atoms with Gasteiger partial charge in [-0.05, 0) is 33.1 Å². The molecule has 2 unspecified atom stereocenters. The Morgan fingerprint density at radius 2 is 1.94 bits per heavy atom. The van der Waals surface area contributed by atoms with Gasteiger partial charge < -0.3 is 4.90 Å². The predicted molar refractivity (Wildman–Crippen MR) is 64.4 cm³/mol. The highest BCUT2D eigenvalue weighted by molar-refractivity contribution is 6.39. The van der Waals surface area contributed by atoms with Gasteiger partial charge in [0, 0.05) is 24.9 Å². The second kappa shape index (κ2) is 4.85. The molecule has 5 heteroatoms. The number of likely N-dealkylation sites (tertiary alicyclic amines) is 1. The van der Waals surface area contributed by atoms with Crippen molar-refractivity contribution in [2.45, 2.75) is 58.0 Å². The minimum Gasteiger partial charge on any atom is -0.332 e. The van der Waals surface area contributed by atoms with E-state index in [-0.39, 0.29) is 23.9 Å². The molecule has 0 bridgehead atoms. The van der Waals surface area contributed by atoms with Crippen LogP contribution < -0.4 is 5.43 Å². The van der Waals surface area contributed by atoms with Gasteiger partial charge in [0.15, 0.2) is 0 Å². The van der Waals surface area contributed by atoms with Crippen LogP contribution in [0.5, 0.6) is 0 Å². The summed E-state index contributed by atoms with van der Waals surface area (Å²) in [6.45, 7) is 4.16. The molecule has 2 aliphatic rings. The molecule has 1 saturated heterocycles. The highest BCUT2D eigenvalue weighted by Gasteiger charge is 2.32. The van der Waals surface area contributed by atoms with E-state index in [0.29, 0.717) is 18.6 Å². The summed E-state index contributed by atoms with van der Waals surface area (Å²) in [5, 5.41) is 3.88. The first-order chi connectivity index (χ1) is 8.09. The number of rotatable bonds is 1. The lowest BCUT2D eigenvalue weighted by molar-refractivity contribution is -0.130. The first-order valence-electron chi connectivity index (χ1n) is 6.27. The number of hydrogen-bond acceptors (Lipinski definition) is 3. The van der Waals surface area contributed by atoms with Gasteiger partial charge in [-0.25, -0.2) is 5.43 Å². The summed E-state index contributed by atoms with van der Waals surface area (Å²) in [5.74, 6) is -0.119. The van der Waals surface area contributed by atoms with Crippen LogP contribution in [0.25, 0.3) is 0 Å². The van der Waals surface area contributed by atoms with Gasteiger partial charge in [-0.2, -0.15) is 5.10 Å². The van der Waals surface area contributed by atoms with Gasteiger partial charge in [0.25, 0.3) is 5.91 Å². The Morgan fingerprint density at radius 3 is 2.47 bits per heavy atom. The fourth-order valence-corrected chi connectivity index (χ4v) is 2.60. The first kappa shape index (κ1) is 12.1. The number of amides is 2. The lowest BCUT2D eigenvalue weighted by Crippen LogP contribution is -2.51. The van der Waals surface area contributed by atoms with Crippen LogP contribution in [0.3, 0.4) is 0 Å². The summed E-state index contributed by atoms with van der Waals surface area (Å²) in [6.07, 6.45) is 4.10. The molecular weight excluding hydrogens is 218 g/mol. The average Bonchev–Trinajstić information content (AvgIpc) is 2.29. The molecule has 2 aliphatic heterocycles. The molecule has 2 atom stereocenters. The van der Waals surface area contributed by atoms with Crippen molar-refractivity contribution in [3.8, 4) is 0 Å². The first-order valence-corrected chi connectivity index (χ1v) is 6.27. The Labute approximate surface area is 101 Å². The molecule has 0 aromatic carbocycles. The van der Waals surface area contributed by atoms with Gasteiger partial charge in [0.05, 0.1) is 0 Å². The quantitative estimate of drug-likeness (QED) is 0.740. The maximum Gasteiger partial charge on any atom is 0.270 e. The number of hydrazone groups is 1. The monoisotopic (exact) mass is 237 g/mol. The molecule has 2 amide bonds. The third kappa shape index (κ3) is 2.48. The van der Waals surface area contributed by atoms with E-state index in [0.717, 1.165) is 12.8 Å². The van der Waals surface area contributed by atoms with Crippen LogP contribution in [0.1, 0.15) is 46.0 Å². The van der Waals surface area contributed by atoms with Crippen LogP contribution >= 0.6 is 0 Å². The number of hydrogen-bond donors (Lipinski definition) is 1. The number of piperidine rings is 1. The van der Waals surface area contributed by atoms with Crippen molar-refractivity contribution in [2.75, 3.05) is 0 Å². The van der Waals surface area contributed by atoms with E-state index in [4.69, 9.17) is 0 Å². The lowest BCUT2D eigenvalue weighted by atomic mass is 9.96. The maximum atomic E-state index is 12.3. The standard InChI is InChI=1S/C12H19N3O2/c1-8-4-3-5-9(2)15(8)12(17)10-6-7-11(16)14-13-10/h8-9H,3-7H2,1-2H3,(H,14,16). The molecule has 2 heterocycles. The Balaban J connectivity index is 2.10. The zero-order valence-corrected chi connectivity index (χ0v) is 10.4. The zero-order chi connectivity index (χ0) is 12.4. The fourth-order valence-electron chi connectivity index (χ4n) is 2.60. The van der Waals surface area contributed by atoms with E-state index in [1.54, 1.807) is 0 Å². The number of carbonyl (C=O) groups is 2. The summed E-state index contributed by atoms with van der Waals surface area (Å²) in [5.41, 5.74) is 2.87. The van der Waals surface area contributed by atoms with Gasteiger partial charge in [-0.1, -0.05) is 0 Å². The third-order valence-electron chi connectivity index (χ3n) is 3.58. The van der Waals surface area contributed by atoms with E-state index in [1.165, 1.54) is 6.42 Å². The van der Waals surface area contributed by atoms with Gasteiger partial charge in [-0.3, -0.25) is 9.59 Å². The molecular formula is C12H19N3O2. The lowest BCUT2D eigenvalue weighted by Gasteiger charge is -2.39. The molecule has 0 radical (unpaired) electrons. The molecule has 0 aromatic rings. The SMILES string of the molecule is CC1CCCC(C)N1C(=O)C1=NNC(=O)CC1. The highest BCUT2D eigenvalue weighted by Crippen LogP contribution is 2.23. The van der Waals surface area contributed by atoms with Crippen molar-refractivity contribution in [3.05, 3.63) is 0 Å². The van der Waals surface area contributed by atoms with E-state index < -0.39 is 0 Å². The number of carbonyl (C=O) groups excluding carboxylic acids is 2. The molecule has 0 aliphatic carbocycles. The van der Waals surface area contributed by atoms with Gasteiger partial charge in [-0.15, -0.1) is 0 Å². The van der Waals surface area contributed by atoms with Crippen LogP contribution in [-0.2, 0) is 9.59 Å². The largest absolute Gasteiger partial charge is 0.332 e. The van der Waals surface area contributed by atoms with Gasteiger partial charge >= 0.3 is 0 Å². The Hall–Kier alpha value is -1.39. The summed E-state index contributed by atoms with van der Waals surface area (Å²) in [7, 11) is 0. The average molecular weight is 237 g/mol. The van der Waals surface area contributed by atoms with Crippen LogP contribution in [0.4, 0.5) is 0 Å². The summed E-state index contributed by atoms with van der Waals surface area (Å²) in [6, 6.07) is 0.540. The minimum atomic E-state index is -0.110. The van der Waals surface area contributed by atoms with Gasteiger partial charge in [0.2, 0.25) is 5.91 Å². The normalized spacial score (nSPS) is 29.6. The third-order valence-corrected chi connectivity index (χ3v) is 3.58. The number of nitrogens with zero attached hydrogens (tertiary/aromatic N) is 2. The molecule has 0 spiro atoms. The van der Waals surface area contributed by atoms with Crippen molar-refractivity contribution in [2.24, 2.45) is 5.10 Å². The van der Waals surface area contributed by atoms with Crippen LogP contribution in [-0.4, -0.2) is 34.5 Å². The Morgan fingerprint density at radius 1 is 1.29 bits per heavy atom. The van der Waals surface area contributed by atoms with E-state index in [9.17, 15) is 9.59 Å². The van der Waals surface area contributed by atoms with Crippen molar-refractivity contribution >= 4 is 17.5 Å². The molecule has 17 heavy (non-hydrogen) atoms. The van der Waals surface area contributed by atoms with Crippen LogP contribution in [0.15, 0.2) is 5.10 Å². The smallest absolute Gasteiger partial charge is 0.270 e. The molecule has 2 rings (SSSR count). The van der Waals surface area contributed by atoms with Crippen molar-refractivity contribution in [3.63, 3.8) is 0 Å². The summed E-state index contributed by atoms with van der Waals surface area (Å²) < 4.78 is 0. The molecule has 0 saturated carbocycles. The minimum absolute atomic E-state index is 0.00954. The Bertz CT molecular complexity index is 355. The Kier molecular flexibility index (Phi) is 3.45. The number of nitrogens with one attached hydrogen (secondary N) is 1. The second-order valence-electron chi connectivity index (χ2n) is 4.93. The fraction of sp³-hybridized carbons (Fsp3) is 0.750. The van der Waals surface area contributed by atoms with E-state index >= 15 is 0 Å². The summed E-state index contributed by atoms with van der Waals surface area (Å²) >= 11 is 0. The molecule has 94 valence electrons. The van der Waals surface area contributed by atoms with Gasteiger partial charge in [0.1, 0.15) is 5.71 Å². The molecule has 1 N–H and O–H groups in total. The highest BCUT2D eigenvalue weighted by atomic mass is 16.2. The van der Waals surface area contributed by atoms with E-state index in [1.807, 2.05) is 4.90 Å². The second-order valence-corrected chi connectivity index (χ2v) is 4.93.